The predicted molar refractivity (Wildman–Crippen MR) is 30.8 cm³/mol. The fourth-order valence-electron chi connectivity index (χ4n) is 8.85. The van der Waals surface area contributed by atoms with E-state index in [1.807, 2.05) is 0 Å². The van der Waals surface area contributed by atoms with Crippen molar-refractivity contribution in [3.63, 3.8) is 0 Å². The van der Waals surface area contributed by atoms with Gasteiger partial charge in [-0.25, -0.2) is 0 Å². The summed E-state index contributed by atoms with van der Waals surface area (Å²) in [6.45, 7) is 0. The lowest BCUT2D eigenvalue weighted by molar-refractivity contribution is 0.438. The molecule has 46 valence electrons. The molecule has 0 radical (unpaired) electrons. The average Bonchev–Trinajstić information content (AvgIpc) is 2.54. The van der Waals surface area contributed by atoms with Gasteiger partial charge in [-0.2, -0.15) is 0 Å². The maximum absolute atomic E-state index is 1.71. The molecule has 8 fully saturated rings. The van der Waals surface area contributed by atoms with E-state index in [1.54, 1.807) is 12.8 Å². The Labute approximate surface area is 58.0 Å². The topological polar surface area (TPSA) is 0 Å². The minimum absolute atomic E-state index is 1.15. The van der Waals surface area contributed by atoms with Crippen molar-refractivity contribution in [1.29, 1.82) is 0 Å². The van der Waals surface area contributed by atoms with Crippen LogP contribution in [0, 0.1) is 44.3 Å². The molecule has 0 heteroatoms. The molecule has 8 saturated carbocycles. The Kier molecular flexibility index (Phi) is 0.0834. The van der Waals surface area contributed by atoms with Gasteiger partial charge >= 0.3 is 0 Å². The van der Waals surface area contributed by atoms with Gasteiger partial charge in [0.2, 0.25) is 0 Å². The van der Waals surface area contributed by atoms with Crippen molar-refractivity contribution in [2.24, 2.45) is 44.3 Å². The fraction of sp³-hybridized carbons (Fsp3) is 1.00. The van der Waals surface area contributed by atoms with Crippen LogP contribution in [0.25, 0.3) is 0 Å². The highest BCUT2D eigenvalue weighted by atomic mass is 15.7. The molecular weight excluding hydrogens is 120 g/mol. The Bertz CT molecular complexity index is 420. The van der Waals surface area contributed by atoms with Crippen LogP contribution in [0.2, 0.25) is 0 Å². The number of rotatable bonds is 0. The van der Waals surface area contributed by atoms with Crippen LogP contribution in [0.1, 0.15) is 12.8 Å². The van der Waals surface area contributed by atoms with Crippen molar-refractivity contribution in [2.45, 2.75) is 12.8 Å². The molecule has 4 unspecified atom stereocenters. The van der Waals surface area contributed by atoms with Gasteiger partial charge < -0.3 is 0 Å². The summed E-state index contributed by atoms with van der Waals surface area (Å²) in [6, 6.07) is 0. The molecule has 6 spiro atoms. The molecular formula is C10H6. The van der Waals surface area contributed by atoms with Crippen LogP contribution < -0.4 is 0 Å². The zero-order chi connectivity index (χ0) is 5.57. The van der Waals surface area contributed by atoms with Crippen molar-refractivity contribution < 1.29 is 0 Å². The van der Waals surface area contributed by atoms with E-state index in [9.17, 15) is 0 Å². The smallest absolute Gasteiger partial charge is 0.00165 e. The van der Waals surface area contributed by atoms with Crippen LogP contribution in [0.4, 0.5) is 0 Å². The van der Waals surface area contributed by atoms with E-state index in [4.69, 9.17) is 0 Å². The molecule has 0 bridgehead atoms. The predicted octanol–water partition coefficient (Wildman–Crippen LogP) is 1.03. The van der Waals surface area contributed by atoms with Crippen molar-refractivity contribution in [3.8, 4) is 0 Å². The van der Waals surface area contributed by atoms with E-state index in [0.29, 0.717) is 0 Å². The van der Waals surface area contributed by atoms with E-state index in [0.717, 1.165) is 10.8 Å². The Morgan fingerprint density at radius 1 is 0.800 bits per heavy atom. The van der Waals surface area contributed by atoms with Crippen LogP contribution in [0.15, 0.2) is 0 Å². The second kappa shape index (κ2) is 0.298. The van der Waals surface area contributed by atoms with Gasteiger partial charge in [0.1, 0.15) is 0 Å². The van der Waals surface area contributed by atoms with Crippen molar-refractivity contribution in [1.82, 2.24) is 0 Å². The zero-order valence-corrected chi connectivity index (χ0v) is 5.57. The lowest BCUT2D eigenvalue weighted by Gasteiger charge is -2.01. The molecule has 0 amide bonds. The SMILES string of the molecule is C1C2C13C21C32C34C5CC53C142. The third-order valence-electron chi connectivity index (χ3n) is 8.22. The number of hydrogen-bond acceptors (Lipinski definition) is 0. The van der Waals surface area contributed by atoms with Gasteiger partial charge in [-0.05, 0) is 57.2 Å². The molecule has 0 aromatic rings. The van der Waals surface area contributed by atoms with Crippen LogP contribution in [0.3, 0.4) is 0 Å². The highest BCUT2D eigenvalue weighted by Gasteiger charge is 3.63. The first-order valence-electron chi connectivity index (χ1n) is 4.93. The number of hydrogen-bond donors (Lipinski definition) is 0. The molecule has 4 atom stereocenters. The first-order valence-corrected chi connectivity index (χ1v) is 4.93. The Hall–Kier alpha value is 0. The van der Waals surface area contributed by atoms with Crippen LogP contribution in [-0.4, -0.2) is 0 Å². The summed E-state index contributed by atoms with van der Waals surface area (Å²) >= 11 is 0. The maximum Gasteiger partial charge on any atom is -0.00165 e. The molecule has 0 aromatic carbocycles. The molecule has 0 N–H and O–H groups in total. The molecule has 0 nitrogen and oxygen atoms in total. The maximum atomic E-state index is 1.71. The quantitative estimate of drug-likeness (QED) is 0.454. The summed E-state index contributed by atoms with van der Waals surface area (Å²) in [5.41, 5.74) is 7.04. The van der Waals surface area contributed by atoms with E-state index in [2.05, 4.69) is 0 Å². The average molecular weight is 126 g/mol. The summed E-state index contributed by atoms with van der Waals surface area (Å²) in [5.74, 6) is 2.71. The molecule has 10 heavy (non-hydrogen) atoms. The minimum atomic E-state index is 1.15. The van der Waals surface area contributed by atoms with Crippen molar-refractivity contribution in [3.05, 3.63) is 0 Å². The van der Waals surface area contributed by atoms with Gasteiger partial charge in [-0.1, -0.05) is 0 Å². The molecule has 0 aromatic heterocycles. The molecule has 8 aliphatic rings. The monoisotopic (exact) mass is 126 g/mol. The molecule has 8 aliphatic carbocycles. The zero-order valence-electron chi connectivity index (χ0n) is 5.57. The summed E-state index contributed by atoms with van der Waals surface area (Å²) in [7, 11) is 0. The largest absolute Gasteiger partial charge is 0.0421 e. The van der Waals surface area contributed by atoms with Crippen molar-refractivity contribution >= 4 is 0 Å². The highest BCUT2D eigenvalue weighted by Crippen LogP contribution is 3.65. The third-order valence-corrected chi connectivity index (χ3v) is 8.22. The van der Waals surface area contributed by atoms with Crippen LogP contribution >= 0.6 is 0 Å². The minimum Gasteiger partial charge on any atom is -0.0421 e. The normalized spacial score (nSPS) is 142. The molecule has 0 aliphatic heterocycles. The summed E-state index contributed by atoms with van der Waals surface area (Å²) in [5, 5.41) is 0. The van der Waals surface area contributed by atoms with Crippen LogP contribution in [0.5, 0.6) is 0 Å². The standard InChI is InChI=1S/C10H6/c1-3-5(1)7(3)9(5)8-4-2-6(4,8)10(7,8)9/h3-4H,1-2H2. The summed E-state index contributed by atoms with van der Waals surface area (Å²) < 4.78 is 0. The molecule has 0 heterocycles. The second-order valence-electron chi connectivity index (χ2n) is 6.57. The van der Waals surface area contributed by atoms with Gasteiger partial charge in [0.05, 0.1) is 0 Å². The van der Waals surface area contributed by atoms with Gasteiger partial charge in [-0.15, -0.1) is 0 Å². The Balaban J connectivity index is 1.81. The summed E-state index contributed by atoms with van der Waals surface area (Å²) in [6.07, 6.45) is 3.42. The van der Waals surface area contributed by atoms with E-state index >= 15 is 0 Å². The van der Waals surface area contributed by atoms with E-state index < -0.39 is 0 Å². The van der Waals surface area contributed by atoms with E-state index in [-0.39, 0.29) is 0 Å². The van der Waals surface area contributed by atoms with Gasteiger partial charge in [0, 0.05) is 0 Å². The van der Waals surface area contributed by atoms with Gasteiger partial charge in [-0.3, -0.25) is 0 Å². The first kappa shape index (κ1) is 2.80. The third kappa shape index (κ3) is 0.0400. The van der Waals surface area contributed by atoms with Crippen molar-refractivity contribution in [2.75, 3.05) is 0 Å². The first-order chi connectivity index (χ1) is 4.93. The van der Waals surface area contributed by atoms with Crippen LogP contribution in [-0.2, 0) is 0 Å². The second-order valence-corrected chi connectivity index (χ2v) is 6.57. The van der Waals surface area contributed by atoms with E-state index in [1.165, 1.54) is 33.5 Å². The summed E-state index contributed by atoms with van der Waals surface area (Å²) in [4.78, 5) is 0. The Morgan fingerprint density at radius 3 is 1.60 bits per heavy atom. The lowest BCUT2D eigenvalue weighted by atomic mass is 10.0. The Morgan fingerprint density at radius 2 is 1.30 bits per heavy atom. The molecule has 0 saturated heterocycles. The molecule has 8 rings (SSSR count). The lowest BCUT2D eigenvalue weighted by Crippen LogP contribution is -1.99. The van der Waals surface area contributed by atoms with Gasteiger partial charge in [0.15, 0.2) is 0 Å². The van der Waals surface area contributed by atoms with Gasteiger partial charge in [0.25, 0.3) is 0 Å². The highest BCUT2D eigenvalue weighted by molar-refractivity contribution is 6.08. The fourth-order valence-corrected chi connectivity index (χ4v) is 8.85.